The third kappa shape index (κ3) is 3.18. The molecule has 1 rings (SSSR count). The van der Waals surface area contributed by atoms with E-state index in [0.29, 0.717) is 0 Å². The van der Waals surface area contributed by atoms with E-state index < -0.39 is 33.6 Å². The molecule has 1 fully saturated rings. The van der Waals surface area contributed by atoms with Crippen LogP contribution in [0.2, 0.25) is 16.0 Å². The zero-order valence-electron chi connectivity index (χ0n) is 14.1. The Morgan fingerprint density at radius 1 is 1.33 bits per heavy atom. The van der Waals surface area contributed by atoms with Crippen LogP contribution in [0.25, 0.3) is 0 Å². The van der Waals surface area contributed by atoms with Gasteiger partial charge in [0, 0.05) is 0 Å². The van der Waals surface area contributed by atoms with E-state index in [9.17, 15) is 17.4 Å². The molecule has 7 heteroatoms. The summed E-state index contributed by atoms with van der Waals surface area (Å²) in [7, 11) is -5.03. The summed E-state index contributed by atoms with van der Waals surface area (Å²) in [6.07, 6.45) is 2.75. The first-order valence-electron chi connectivity index (χ1n) is 7.19. The van der Waals surface area contributed by atoms with E-state index >= 15 is 0 Å². The summed E-state index contributed by atoms with van der Waals surface area (Å²) in [6.45, 7) is 9.63. The van der Waals surface area contributed by atoms with Gasteiger partial charge in [0.05, 0.1) is 0 Å². The third-order valence-electron chi connectivity index (χ3n) is 5.58. The molecule has 0 aromatic rings. The van der Waals surface area contributed by atoms with E-state index in [-0.39, 0.29) is 11.3 Å². The molecule has 0 heterocycles. The first-order valence-corrected chi connectivity index (χ1v) is 13.5. The Labute approximate surface area is 131 Å². The molecule has 1 saturated carbocycles. The summed E-state index contributed by atoms with van der Waals surface area (Å²) in [5.41, 5.74) is -1.49. The van der Waals surface area contributed by atoms with Crippen LogP contribution in [0.15, 0.2) is 0 Å². The molecule has 0 aromatic carbocycles. The molecule has 1 N–H and O–H groups in total. The van der Waals surface area contributed by atoms with Crippen LogP contribution in [0.1, 0.15) is 53.9 Å². The zero-order chi connectivity index (χ0) is 16.9. The second-order valence-electron chi connectivity index (χ2n) is 7.65. The van der Waals surface area contributed by atoms with Gasteiger partial charge in [-0.15, -0.1) is 0 Å². The molecule has 0 bridgehead atoms. The molecule has 0 aromatic heterocycles. The molecule has 2 atom stereocenters. The molecular weight excluding hydrogens is 362 g/mol. The molecule has 1 aliphatic rings. The molecule has 21 heavy (non-hydrogen) atoms. The average molecular weight is 391 g/mol. The third-order valence-corrected chi connectivity index (χ3v) is 15.1. The van der Waals surface area contributed by atoms with Crippen LogP contribution in [0, 0.1) is 11.3 Å². The Kier molecular flexibility index (Phi) is 5.02. The van der Waals surface area contributed by atoms with Gasteiger partial charge in [-0.1, -0.05) is 0 Å². The number of halogens is 1. The van der Waals surface area contributed by atoms with E-state index in [1.807, 2.05) is 34.6 Å². The van der Waals surface area contributed by atoms with Crippen LogP contribution in [-0.4, -0.2) is 32.3 Å². The van der Waals surface area contributed by atoms with Crippen molar-refractivity contribution in [1.82, 2.24) is 0 Å². The number of rotatable bonds is 4. The van der Waals surface area contributed by atoms with Crippen molar-refractivity contribution in [2.24, 2.45) is 11.3 Å². The molecular formula is C14H29FO4SSe. The van der Waals surface area contributed by atoms with Crippen molar-refractivity contribution in [2.45, 2.75) is 75.4 Å². The molecule has 0 unspecified atom stereocenters. The van der Waals surface area contributed by atoms with Crippen LogP contribution in [0.3, 0.4) is 0 Å². The predicted octanol–water partition coefficient (Wildman–Crippen LogP) is 3.78. The van der Waals surface area contributed by atoms with Gasteiger partial charge in [0.1, 0.15) is 0 Å². The van der Waals surface area contributed by atoms with Crippen molar-refractivity contribution in [3.63, 3.8) is 0 Å². The van der Waals surface area contributed by atoms with E-state index in [0.717, 1.165) is 19.3 Å². The Morgan fingerprint density at radius 3 is 2.19 bits per heavy atom. The van der Waals surface area contributed by atoms with Crippen molar-refractivity contribution < 1.29 is 20.7 Å². The SMILES string of the molecule is C[C@@H]1CCCC(C)(C)[C@@]1(O)C(C)(C)[Se](C)(C)OS(=O)(=O)F. The van der Waals surface area contributed by atoms with Crippen molar-refractivity contribution in [1.29, 1.82) is 0 Å². The Balaban J connectivity index is 3.37. The maximum atomic E-state index is 13.1. The summed E-state index contributed by atoms with van der Waals surface area (Å²) in [5.74, 6) is 3.34. The van der Waals surface area contributed by atoms with Crippen LogP contribution < -0.4 is 0 Å². The topological polar surface area (TPSA) is 63.6 Å². The molecule has 4 nitrogen and oxygen atoms in total. The zero-order valence-corrected chi connectivity index (χ0v) is 16.6. The summed E-state index contributed by atoms with van der Waals surface area (Å²) in [4.78, 5) is 0. The number of hydrogen-bond acceptors (Lipinski definition) is 4. The van der Waals surface area contributed by atoms with E-state index in [2.05, 4.69) is 0 Å². The molecule has 0 saturated heterocycles. The normalized spacial score (nSPS) is 32.0. The van der Waals surface area contributed by atoms with Gasteiger partial charge >= 0.3 is 131 Å². The summed E-state index contributed by atoms with van der Waals surface area (Å²) in [5, 5.41) is 11.6. The molecule has 0 spiro atoms. The fraction of sp³-hybridized carbons (Fsp3) is 1.00. The van der Waals surface area contributed by atoms with Crippen molar-refractivity contribution in [2.75, 3.05) is 0 Å². The average Bonchev–Trinajstić information content (AvgIpc) is 2.21. The van der Waals surface area contributed by atoms with Gasteiger partial charge in [-0.05, 0) is 0 Å². The predicted molar refractivity (Wildman–Crippen MR) is 84.4 cm³/mol. The number of aliphatic hydroxyl groups is 1. The standard InChI is InChI=1S/C14H29FO4SSe/c1-11-9-8-10-12(2,3)14(11,16)13(4,5)21(6,7)19-20(15,17)18/h11,16H,8-10H2,1-7H3/t11-,14-/m1/s1. The molecule has 1 aliphatic carbocycles. The molecule has 0 radical (unpaired) electrons. The van der Waals surface area contributed by atoms with Crippen molar-refractivity contribution >= 4 is 23.7 Å². The van der Waals surface area contributed by atoms with Gasteiger partial charge in [-0.25, -0.2) is 0 Å². The van der Waals surface area contributed by atoms with Gasteiger partial charge in [0.2, 0.25) is 0 Å². The fourth-order valence-electron chi connectivity index (χ4n) is 3.99. The second kappa shape index (κ2) is 5.45. The minimum atomic E-state index is -5.03. The fourth-order valence-corrected chi connectivity index (χ4v) is 10.8. The van der Waals surface area contributed by atoms with Crippen molar-refractivity contribution in [3.05, 3.63) is 0 Å². The molecule has 128 valence electrons. The maximum absolute atomic E-state index is 13.1. The monoisotopic (exact) mass is 392 g/mol. The van der Waals surface area contributed by atoms with E-state index in [1.54, 1.807) is 11.6 Å². The van der Waals surface area contributed by atoms with Gasteiger partial charge < -0.3 is 0 Å². The van der Waals surface area contributed by atoms with Crippen LogP contribution in [0.5, 0.6) is 0 Å². The summed E-state index contributed by atoms with van der Waals surface area (Å²) >= 11 is -3.28. The Morgan fingerprint density at radius 2 is 1.81 bits per heavy atom. The quantitative estimate of drug-likeness (QED) is 0.585. The van der Waals surface area contributed by atoms with E-state index in [1.165, 1.54) is 0 Å². The van der Waals surface area contributed by atoms with Gasteiger partial charge in [0.25, 0.3) is 0 Å². The Hall–Kier alpha value is 0.319. The number of hydrogen-bond donors (Lipinski definition) is 1. The second-order valence-corrected chi connectivity index (χ2v) is 16.7. The minimum absolute atomic E-state index is 0.00127. The van der Waals surface area contributed by atoms with Gasteiger partial charge in [-0.2, -0.15) is 0 Å². The first kappa shape index (κ1) is 19.4. The molecule has 0 amide bonds. The summed E-state index contributed by atoms with van der Waals surface area (Å²) < 4.78 is 39.1. The van der Waals surface area contributed by atoms with Gasteiger partial charge in [-0.3, -0.25) is 0 Å². The van der Waals surface area contributed by atoms with Crippen LogP contribution in [0.4, 0.5) is 3.89 Å². The molecule has 0 aliphatic heterocycles. The van der Waals surface area contributed by atoms with Crippen molar-refractivity contribution in [3.8, 4) is 0 Å². The van der Waals surface area contributed by atoms with E-state index in [4.69, 9.17) is 3.27 Å². The van der Waals surface area contributed by atoms with Crippen LogP contribution in [-0.2, 0) is 13.8 Å². The van der Waals surface area contributed by atoms with Crippen LogP contribution >= 0.6 is 0 Å². The Bertz CT molecular complexity index is 501. The first-order chi connectivity index (χ1) is 9.08. The summed E-state index contributed by atoms with van der Waals surface area (Å²) in [6, 6.07) is 0. The van der Waals surface area contributed by atoms with Gasteiger partial charge in [0.15, 0.2) is 0 Å².